The number of carboxylic acid groups (broad SMARTS) is 2. The van der Waals surface area contributed by atoms with Gasteiger partial charge in [-0.2, -0.15) is 0 Å². The summed E-state index contributed by atoms with van der Waals surface area (Å²) < 4.78 is 0. The third-order valence-corrected chi connectivity index (χ3v) is 3.18. The Balaban J connectivity index is 3.24. The molecule has 0 rings (SSSR count). The molecule has 0 amide bonds. The molecule has 0 aromatic carbocycles. The molecule has 0 aliphatic carbocycles. The number of rotatable bonds is 12. The molecule has 0 saturated heterocycles. The molecule has 4 heteroatoms. The molecule has 0 radical (unpaired) electrons. The van der Waals surface area contributed by atoms with Gasteiger partial charge in [-0.1, -0.05) is 45.4 Å². The monoisotopic (exact) mass is 258 g/mol. The minimum atomic E-state index is -0.707. The van der Waals surface area contributed by atoms with Crippen LogP contribution in [0.15, 0.2) is 0 Å². The molecule has 0 fully saturated rings. The van der Waals surface area contributed by atoms with Gasteiger partial charge in [0.25, 0.3) is 0 Å². The van der Waals surface area contributed by atoms with Crippen LogP contribution in [0.3, 0.4) is 0 Å². The quantitative estimate of drug-likeness (QED) is 0.523. The van der Waals surface area contributed by atoms with Crippen molar-refractivity contribution in [2.24, 2.45) is 5.92 Å². The summed E-state index contributed by atoms with van der Waals surface area (Å²) in [7, 11) is 0. The Morgan fingerprint density at radius 2 is 1.17 bits per heavy atom. The van der Waals surface area contributed by atoms with Crippen LogP contribution in [0.4, 0.5) is 0 Å². The summed E-state index contributed by atoms with van der Waals surface area (Å²) in [5.74, 6) is -0.748. The summed E-state index contributed by atoms with van der Waals surface area (Å²) in [5.41, 5.74) is 0. The molecule has 0 aromatic heterocycles. The van der Waals surface area contributed by atoms with Crippen LogP contribution in [0.1, 0.15) is 71.1 Å². The molecule has 0 aliphatic heterocycles. The van der Waals surface area contributed by atoms with Crippen molar-refractivity contribution in [3.05, 3.63) is 0 Å². The van der Waals surface area contributed by atoms with E-state index in [1.54, 1.807) is 0 Å². The average molecular weight is 258 g/mol. The van der Waals surface area contributed by atoms with Crippen molar-refractivity contribution in [3.8, 4) is 0 Å². The Morgan fingerprint density at radius 1 is 0.778 bits per heavy atom. The fourth-order valence-corrected chi connectivity index (χ4v) is 2.04. The van der Waals surface area contributed by atoms with Crippen molar-refractivity contribution in [3.63, 3.8) is 0 Å². The van der Waals surface area contributed by atoms with Crippen LogP contribution >= 0.6 is 0 Å². The van der Waals surface area contributed by atoms with E-state index < -0.39 is 11.9 Å². The van der Waals surface area contributed by atoms with Crippen molar-refractivity contribution in [1.82, 2.24) is 0 Å². The highest BCUT2D eigenvalue weighted by atomic mass is 16.4. The van der Waals surface area contributed by atoms with Gasteiger partial charge in [0.05, 0.1) is 0 Å². The van der Waals surface area contributed by atoms with Crippen molar-refractivity contribution >= 4 is 11.9 Å². The van der Waals surface area contributed by atoms with Crippen LogP contribution in [0.25, 0.3) is 0 Å². The molecule has 0 spiro atoms. The standard InChI is InChI=1S/C14H26O4/c1-12(8-4-2-6-10-13(15)16)9-5-3-7-11-14(17)18/h12H,2-11H2,1H3,(H,15,16)(H,17,18). The molecule has 18 heavy (non-hydrogen) atoms. The zero-order valence-electron chi connectivity index (χ0n) is 11.4. The third-order valence-electron chi connectivity index (χ3n) is 3.18. The lowest BCUT2D eigenvalue weighted by atomic mass is 9.96. The normalized spacial score (nSPS) is 10.8. The molecular formula is C14H26O4. The molecule has 0 aromatic rings. The SMILES string of the molecule is CC(CCCCCC(=O)O)CCCCCC(=O)O. The van der Waals surface area contributed by atoms with Crippen molar-refractivity contribution < 1.29 is 19.8 Å². The lowest BCUT2D eigenvalue weighted by molar-refractivity contribution is -0.138. The van der Waals surface area contributed by atoms with E-state index in [2.05, 4.69) is 6.92 Å². The van der Waals surface area contributed by atoms with E-state index in [4.69, 9.17) is 10.2 Å². The average Bonchev–Trinajstić information content (AvgIpc) is 2.27. The van der Waals surface area contributed by atoms with Gasteiger partial charge in [-0.15, -0.1) is 0 Å². The van der Waals surface area contributed by atoms with E-state index in [0.717, 1.165) is 51.4 Å². The molecule has 0 saturated carbocycles. The summed E-state index contributed by atoms with van der Waals surface area (Å²) in [4.78, 5) is 20.6. The maximum absolute atomic E-state index is 10.3. The van der Waals surface area contributed by atoms with E-state index in [-0.39, 0.29) is 12.8 Å². The number of aliphatic carboxylic acids is 2. The summed E-state index contributed by atoms with van der Waals surface area (Å²) in [6, 6.07) is 0. The van der Waals surface area contributed by atoms with Crippen molar-refractivity contribution in [2.45, 2.75) is 71.1 Å². The molecule has 4 nitrogen and oxygen atoms in total. The third kappa shape index (κ3) is 13.0. The van der Waals surface area contributed by atoms with Crippen LogP contribution in [-0.2, 0) is 9.59 Å². The van der Waals surface area contributed by atoms with Gasteiger partial charge < -0.3 is 10.2 Å². The van der Waals surface area contributed by atoms with Gasteiger partial charge in [-0.25, -0.2) is 0 Å². The van der Waals surface area contributed by atoms with Crippen LogP contribution in [0.5, 0.6) is 0 Å². The number of carboxylic acids is 2. The van der Waals surface area contributed by atoms with Gasteiger partial charge in [0.2, 0.25) is 0 Å². The predicted molar refractivity (Wildman–Crippen MR) is 70.6 cm³/mol. The summed E-state index contributed by atoms with van der Waals surface area (Å²) in [5, 5.41) is 17.0. The number of hydrogen-bond donors (Lipinski definition) is 2. The smallest absolute Gasteiger partial charge is 0.303 e. The number of hydrogen-bond acceptors (Lipinski definition) is 2. The number of unbranched alkanes of at least 4 members (excludes halogenated alkanes) is 4. The lowest BCUT2D eigenvalue weighted by Gasteiger charge is -2.10. The fraction of sp³-hybridized carbons (Fsp3) is 0.857. The Kier molecular flexibility index (Phi) is 10.4. The lowest BCUT2D eigenvalue weighted by Crippen LogP contribution is -1.98. The van der Waals surface area contributed by atoms with Crippen molar-refractivity contribution in [1.29, 1.82) is 0 Å². The zero-order chi connectivity index (χ0) is 13.8. The molecule has 0 aliphatic rings. The predicted octanol–water partition coefficient (Wildman–Crippen LogP) is 3.69. The van der Waals surface area contributed by atoms with Crippen molar-refractivity contribution in [2.75, 3.05) is 0 Å². The minimum absolute atomic E-state index is 0.281. The van der Waals surface area contributed by atoms with Gasteiger partial charge in [-0.05, 0) is 18.8 Å². The molecular weight excluding hydrogens is 232 g/mol. The first-order valence-corrected chi connectivity index (χ1v) is 6.96. The Bertz CT molecular complexity index is 214. The van der Waals surface area contributed by atoms with E-state index in [1.165, 1.54) is 0 Å². The fourth-order valence-electron chi connectivity index (χ4n) is 2.04. The van der Waals surface area contributed by atoms with Gasteiger partial charge in [-0.3, -0.25) is 9.59 Å². The molecule has 106 valence electrons. The van der Waals surface area contributed by atoms with Gasteiger partial charge in [0.15, 0.2) is 0 Å². The molecule has 0 unspecified atom stereocenters. The molecule has 0 atom stereocenters. The van der Waals surface area contributed by atoms with E-state index in [0.29, 0.717) is 5.92 Å². The largest absolute Gasteiger partial charge is 0.481 e. The first-order chi connectivity index (χ1) is 8.52. The molecule has 0 heterocycles. The molecule has 0 bridgehead atoms. The second kappa shape index (κ2) is 11.1. The highest BCUT2D eigenvalue weighted by Crippen LogP contribution is 2.17. The van der Waals surface area contributed by atoms with E-state index in [9.17, 15) is 9.59 Å². The second-order valence-electron chi connectivity index (χ2n) is 5.09. The van der Waals surface area contributed by atoms with E-state index >= 15 is 0 Å². The Morgan fingerprint density at radius 3 is 1.50 bits per heavy atom. The van der Waals surface area contributed by atoms with Crippen LogP contribution in [0.2, 0.25) is 0 Å². The van der Waals surface area contributed by atoms with Crippen LogP contribution < -0.4 is 0 Å². The summed E-state index contributed by atoms with van der Waals surface area (Å²) in [6.07, 6.45) is 8.62. The maximum atomic E-state index is 10.3. The van der Waals surface area contributed by atoms with Gasteiger partial charge in [0, 0.05) is 12.8 Å². The van der Waals surface area contributed by atoms with Gasteiger partial charge >= 0.3 is 11.9 Å². The maximum Gasteiger partial charge on any atom is 0.303 e. The van der Waals surface area contributed by atoms with Crippen LogP contribution in [-0.4, -0.2) is 22.2 Å². The van der Waals surface area contributed by atoms with Crippen LogP contribution in [0, 0.1) is 5.92 Å². The summed E-state index contributed by atoms with van der Waals surface area (Å²) in [6.45, 7) is 2.22. The zero-order valence-corrected chi connectivity index (χ0v) is 11.4. The Labute approximate surface area is 109 Å². The highest BCUT2D eigenvalue weighted by Gasteiger charge is 2.03. The highest BCUT2D eigenvalue weighted by molar-refractivity contribution is 5.66. The first-order valence-electron chi connectivity index (χ1n) is 6.96. The topological polar surface area (TPSA) is 74.6 Å². The number of carbonyl (C=O) groups is 2. The summed E-state index contributed by atoms with van der Waals surface area (Å²) >= 11 is 0. The second-order valence-corrected chi connectivity index (χ2v) is 5.09. The Hall–Kier alpha value is -1.06. The van der Waals surface area contributed by atoms with E-state index in [1.807, 2.05) is 0 Å². The van der Waals surface area contributed by atoms with Gasteiger partial charge in [0.1, 0.15) is 0 Å². The molecule has 2 N–H and O–H groups in total. The minimum Gasteiger partial charge on any atom is -0.481 e. The first kappa shape index (κ1) is 16.9.